The maximum atomic E-state index is 12.3. The minimum Gasteiger partial charge on any atom is -0.480 e. The zero-order chi connectivity index (χ0) is 15.2. The van der Waals surface area contributed by atoms with Crippen molar-refractivity contribution in [3.8, 4) is 0 Å². The lowest BCUT2D eigenvalue weighted by Crippen LogP contribution is -2.55. The Labute approximate surface area is 125 Å². The van der Waals surface area contributed by atoms with E-state index in [1.807, 2.05) is 16.7 Å². The third-order valence-corrected chi connectivity index (χ3v) is 4.24. The number of hydrogen-bond donors (Lipinski definition) is 1. The van der Waals surface area contributed by atoms with Crippen molar-refractivity contribution in [1.82, 2.24) is 14.7 Å². The van der Waals surface area contributed by atoms with Gasteiger partial charge in [-0.15, -0.1) is 0 Å². The van der Waals surface area contributed by atoms with Crippen LogP contribution < -0.4 is 0 Å². The number of morpholine rings is 1. The average Bonchev–Trinajstić information content (AvgIpc) is 2.49. The Morgan fingerprint density at radius 2 is 1.71 bits per heavy atom. The third-order valence-electron chi connectivity index (χ3n) is 4.24. The number of ether oxygens (including phenoxy) is 1. The highest BCUT2D eigenvalue weighted by atomic mass is 16.5. The molecule has 0 spiro atoms. The van der Waals surface area contributed by atoms with Crippen LogP contribution in [0, 0.1) is 0 Å². The Balaban J connectivity index is 1.77. The summed E-state index contributed by atoms with van der Waals surface area (Å²) < 4.78 is 5.27. The summed E-state index contributed by atoms with van der Waals surface area (Å²) in [5.41, 5.74) is 0. The predicted octanol–water partition coefficient (Wildman–Crippen LogP) is -0.674. The minimum absolute atomic E-state index is 0.139. The van der Waals surface area contributed by atoms with E-state index in [1.165, 1.54) is 0 Å². The highest BCUT2D eigenvalue weighted by molar-refractivity contribution is 5.78. The van der Waals surface area contributed by atoms with E-state index in [0.29, 0.717) is 52.4 Å². The second-order valence-electron chi connectivity index (χ2n) is 5.57. The van der Waals surface area contributed by atoms with Gasteiger partial charge in [-0.2, -0.15) is 0 Å². The first-order chi connectivity index (χ1) is 10.1. The largest absolute Gasteiger partial charge is 0.480 e. The molecule has 1 amide bonds. The van der Waals surface area contributed by atoms with Crippen molar-refractivity contribution in [3.05, 3.63) is 0 Å². The van der Waals surface area contributed by atoms with Gasteiger partial charge in [0.05, 0.1) is 19.8 Å². The monoisotopic (exact) mass is 299 g/mol. The average molecular weight is 299 g/mol. The maximum Gasteiger partial charge on any atom is 0.320 e. The summed E-state index contributed by atoms with van der Waals surface area (Å²) >= 11 is 0. The van der Waals surface area contributed by atoms with Crippen molar-refractivity contribution in [2.75, 3.05) is 59.0 Å². The topological polar surface area (TPSA) is 73.3 Å². The summed E-state index contributed by atoms with van der Waals surface area (Å²) in [6.45, 7) is 7.84. The normalized spacial score (nSPS) is 23.0. The lowest BCUT2D eigenvalue weighted by molar-refractivity contribution is -0.145. The molecule has 0 aromatic carbocycles. The van der Waals surface area contributed by atoms with Crippen LogP contribution in [-0.4, -0.2) is 96.8 Å². The number of aliphatic carboxylic acids is 1. The molecule has 0 aromatic rings. The number of piperazine rings is 1. The van der Waals surface area contributed by atoms with Crippen LogP contribution in [0.4, 0.5) is 0 Å². The maximum absolute atomic E-state index is 12.3. The third kappa shape index (κ3) is 4.39. The highest BCUT2D eigenvalue weighted by Gasteiger charge is 2.29. The lowest BCUT2D eigenvalue weighted by Gasteiger charge is -2.38. The van der Waals surface area contributed by atoms with Gasteiger partial charge in [0.15, 0.2) is 0 Å². The van der Waals surface area contributed by atoms with Crippen LogP contribution in [0.1, 0.15) is 13.3 Å². The fourth-order valence-corrected chi connectivity index (χ4v) is 2.92. The van der Waals surface area contributed by atoms with E-state index in [0.717, 1.165) is 13.1 Å². The lowest BCUT2D eigenvalue weighted by atomic mass is 10.1. The van der Waals surface area contributed by atoms with Gasteiger partial charge in [-0.1, -0.05) is 6.92 Å². The number of carboxylic acid groups (broad SMARTS) is 1. The highest BCUT2D eigenvalue weighted by Crippen LogP contribution is 2.10. The smallest absolute Gasteiger partial charge is 0.320 e. The molecule has 2 aliphatic rings. The molecule has 21 heavy (non-hydrogen) atoms. The Bertz CT molecular complexity index is 363. The summed E-state index contributed by atoms with van der Waals surface area (Å²) in [5.74, 6) is -0.634. The standard InChI is InChI=1S/C14H25N3O4/c1-2-12(14(19)20)16-3-5-17(6-4-16)13(18)11-15-7-9-21-10-8-15/h12H,2-11H2,1H3,(H,19,20)/t12-/m0/s1. The summed E-state index contributed by atoms with van der Waals surface area (Å²) in [4.78, 5) is 29.3. The van der Waals surface area contributed by atoms with Gasteiger partial charge in [-0.25, -0.2) is 0 Å². The van der Waals surface area contributed by atoms with Gasteiger partial charge in [0, 0.05) is 39.3 Å². The van der Waals surface area contributed by atoms with Gasteiger partial charge >= 0.3 is 5.97 Å². The van der Waals surface area contributed by atoms with Crippen LogP contribution in [0.2, 0.25) is 0 Å². The van der Waals surface area contributed by atoms with E-state index in [4.69, 9.17) is 4.74 Å². The number of carbonyl (C=O) groups excluding carboxylic acids is 1. The van der Waals surface area contributed by atoms with Crippen LogP contribution in [0.15, 0.2) is 0 Å². The van der Waals surface area contributed by atoms with Crippen LogP contribution in [0.5, 0.6) is 0 Å². The molecular weight excluding hydrogens is 274 g/mol. The number of carbonyl (C=O) groups is 2. The molecule has 2 aliphatic heterocycles. The van der Waals surface area contributed by atoms with Crippen molar-refractivity contribution in [1.29, 1.82) is 0 Å². The molecule has 2 rings (SSSR count). The Morgan fingerprint density at radius 3 is 2.24 bits per heavy atom. The molecular formula is C14H25N3O4. The molecule has 0 aliphatic carbocycles. The van der Waals surface area contributed by atoms with E-state index in [2.05, 4.69) is 4.90 Å². The van der Waals surface area contributed by atoms with Crippen molar-refractivity contribution in [2.24, 2.45) is 0 Å². The van der Waals surface area contributed by atoms with Crippen molar-refractivity contribution in [3.63, 3.8) is 0 Å². The second-order valence-corrected chi connectivity index (χ2v) is 5.57. The molecule has 1 atom stereocenters. The van der Waals surface area contributed by atoms with Crippen LogP contribution in [-0.2, 0) is 14.3 Å². The Morgan fingerprint density at radius 1 is 1.10 bits per heavy atom. The number of rotatable bonds is 5. The van der Waals surface area contributed by atoms with E-state index in [-0.39, 0.29) is 5.91 Å². The number of amides is 1. The molecule has 120 valence electrons. The summed E-state index contributed by atoms with van der Waals surface area (Å²) in [6.07, 6.45) is 0.594. The van der Waals surface area contributed by atoms with Crippen molar-refractivity contribution >= 4 is 11.9 Å². The summed E-state index contributed by atoms with van der Waals surface area (Å²) in [7, 11) is 0. The van der Waals surface area contributed by atoms with E-state index in [1.54, 1.807) is 0 Å². The number of carboxylic acids is 1. The molecule has 0 saturated carbocycles. The first-order valence-electron chi connectivity index (χ1n) is 7.66. The van der Waals surface area contributed by atoms with Gasteiger partial charge in [-0.05, 0) is 6.42 Å². The van der Waals surface area contributed by atoms with Gasteiger partial charge in [0.25, 0.3) is 0 Å². The van der Waals surface area contributed by atoms with Gasteiger partial charge in [0.2, 0.25) is 5.91 Å². The van der Waals surface area contributed by atoms with Crippen LogP contribution in [0.3, 0.4) is 0 Å². The van der Waals surface area contributed by atoms with E-state index < -0.39 is 12.0 Å². The zero-order valence-electron chi connectivity index (χ0n) is 12.7. The first-order valence-corrected chi connectivity index (χ1v) is 7.66. The van der Waals surface area contributed by atoms with Gasteiger partial charge in [0.1, 0.15) is 6.04 Å². The molecule has 0 aromatic heterocycles. The van der Waals surface area contributed by atoms with Crippen molar-refractivity contribution < 1.29 is 19.4 Å². The molecule has 0 radical (unpaired) electrons. The molecule has 0 unspecified atom stereocenters. The first kappa shape index (κ1) is 16.2. The fraction of sp³-hybridized carbons (Fsp3) is 0.857. The SMILES string of the molecule is CC[C@@H](C(=O)O)N1CCN(C(=O)CN2CCOCC2)CC1. The van der Waals surface area contributed by atoms with Crippen LogP contribution >= 0.6 is 0 Å². The van der Waals surface area contributed by atoms with E-state index in [9.17, 15) is 14.7 Å². The Hall–Kier alpha value is -1.18. The zero-order valence-corrected chi connectivity index (χ0v) is 12.7. The van der Waals surface area contributed by atoms with Crippen molar-refractivity contribution in [2.45, 2.75) is 19.4 Å². The predicted molar refractivity (Wildman–Crippen MR) is 77.1 cm³/mol. The molecule has 1 N–H and O–H groups in total. The van der Waals surface area contributed by atoms with Gasteiger partial charge in [-0.3, -0.25) is 19.4 Å². The minimum atomic E-state index is -0.773. The molecule has 2 fully saturated rings. The van der Waals surface area contributed by atoms with Gasteiger partial charge < -0.3 is 14.7 Å². The molecule has 7 heteroatoms. The fourth-order valence-electron chi connectivity index (χ4n) is 2.92. The number of hydrogen-bond acceptors (Lipinski definition) is 5. The number of nitrogens with zero attached hydrogens (tertiary/aromatic N) is 3. The molecule has 2 heterocycles. The van der Waals surface area contributed by atoms with Crippen LogP contribution in [0.25, 0.3) is 0 Å². The molecule has 2 saturated heterocycles. The van der Waals surface area contributed by atoms with E-state index >= 15 is 0 Å². The quantitative estimate of drug-likeness (QED) is 0.725. The molecule has 7 nitrogen and oxygen atoms in total. The summed E-state index contributed by atoms with van der Waals surface area (Å²) in [5, 5.41) is 9.18. The molecule has 0 bridgehead atoms. The summed E-state index contributed by atoms with van der Waals surface area (Å²) in [6, 6.07) is -0.429. The Kier molecular flexibility index (Phi) is 5.96. The second kappa shape index (κ2) is 7.72.